The Morgan fingerprint density at radius 3 is 2.64 bits per heavy atom. The number of carbonyl (C=O) groups excluding carboxylic acids is 1. The minimum absolute atomic E-state index is 0.133. The third-order valence-electron chi connectivity index (χ3n) is 2.94. The Hall–Kier alpha value is -1.32. The van der Waals surface area contributed by atoms with E-state index in [-0.39, 0.29) is 10.8 Å². The van der Waals surface area contributed by atoms with Crippen molar-refractivity contribution < 1.29 is 4.79 Å². The van der Waals surface area contributed by atoms with Crippen LogP contribution in [0, 0.1) is 11.3 Å². The highest BCUT2D eigenvalue weighted by atomic mass is 35.5. The molecule has 0 N–H and O–H groups in total. The largest absolute Gasteiger partial charge is 0.309 e. The number of rotatable bonds is 6. The van der Waals surface area contributed by atoms with Crippen LogP contribution in [0.1, 0.15) is 20.8 Å². The molecule has 3 nitrogen and oxygen atoms in total. The summed E-state index contributed by atoms with van der Waals surface area (Å²) >= 11 is 9.13. The van der Waals surface area contributed by atoms with Crippen molar-refractivity contribution in [2.24, 2.45) is 0 Å². The lowest BCUT2D eigenvalue weighted by Crippen LogP contribution is -2.14. The van der Waals surface area contributed by atoms with E-state index in [1.54, 1.807) is 23.9 Å². The van der Waals surface area contributed by atoms with Crippen molar-refractivity contribution in [1.82, 2.24) is 4.90 Å². The average molecular weight is 351 g/mol. The van der Waals surface area contributed by atoms with Gasteiger partial charge in [-0.25, -0.2) is 0 Å². The van der Waals surface area contributed by atoms with E-state index >= 15 is 0 Å². The van der Waals surface area contributed by atoms with Crippen molar-refractivity contribution in [3.8, 4) is 6.07 Å². The molecule has 1 heterocycles. The molecule has 6 heteroatoms. The smallest absolute Gasteiger partial charge is 0.204 e. The standard InChI is InChI=1S/C16H15ClN2OS2/c1-19(2)8-9-21-16-12(10-18)13(17)15(22-16)14(20)11-6-4-3-5-7-11/h3-7H,8-9H2,1-2H3. The molecule has 114 valence electrons. The quantitative estimate of drug-likeness (QED) is 0.579. The minimum Gasteiger partial charge on any atom is -0.309 e. The molecule has 0 amide bonds. The number of hydrogen-bond donors (Lipinski definition) is 0. The predicted octanol–water partition coefficient (Wildman–Crippen LogP) is 4.16. The molecule has 1 aromatic heterocycles. The highest BCUT2D eigenvalue weighted by Gasteiger charge is 2.22. The number of hydrogen-bond acceptors (Lipinski definition) is 5. The van der Waals surface area contributed by atoms with Crippen LogP contribution in [0.3, 0.4) is 0 Å². The van der Waals surface area contributed by atoms with E-state index in [1.807, 2.05) is 32.3 Å². The van der Waals surface area contributed by atoms with Crippen molar-refractivity contribution in [3.05, 3.63) is 51.4 Å². The van der Waals surface area contributed by atoms with Crippen LogP contribution in [-0.4, -0.2) is 37.1 Å². The summed E-state index contributed by atoms with van der Waals surface area (Å²) in [4.78, 5) is 15.0. The molecule has 22 heavy (non-hydrogen) atoms. The first-order valence-corrected chi connectivity index (χ1v) is 8.82. The molecule has 2 rings (SSSR count). The summed E-state index contributed by atoms with van der Waals surface area (Å²) in [5.41, 5.74) is 0.995. The highest BCUT2D eigenvalue weighted by Crippen LogP contribution is 2.39. The number of thioether (sulfide) groups is 1. The molecule has 0 aliphatic carbocycles. The Bertz CT molecular complexity index is 705. The Morgan fingerprint density at radius 1 is 1.36 bits per heavy atom. The fourth-order valence-electron chi connectivity index (χ4n) is 1.78. The van der Waals surface area contributed by atoms with Crippen LogP contribution < -0.4 is 0 Å². The Labute approximate surface area is 143 Å². The van der Waals surface area contributed by atoms with E-state index in [0.717, 1.165) is 16.5 Å². The fourth-order valence-corrected chi connectivity index (χ4v) is 4.73. The van der Waals surface area contributed by atoms with E-state index < -0.39 is 0 Å². The van der Waals surface area contributed by atoms with Gasteiger partial charge in [0.25, 0.3) is 0 Å². The summed E-state index contributed by atoms with van der Waals surface area (Å²) in [7, 11) is 4.00. The lowest BCUT2D eigenvalue weighted by molar-refractivity contribution is 0.104. The zero-order valence-corrected chi connectivity index (χ0v) is 14.7. The summed E-state index contributed by atoms with van der Waals surface area (Å²) in [5.74, 6) is 0.712. The van der Waals surface area contributed by atoms with E-state index in [2.05, 4.69) is 11.0 Å². The van der Waals surface area contributed by atoms with Gasteiger partial charge in [0.15, 0.2) is 0 Å². The van der Waals surface area contributed by atoms with E-state index in [0.29, 0.717) is 16.0 Å². The molecule has 0 aliphatic heterocycles. The maximum absolute atomic E-state index is 12.5. The number of thiophene rings is 1. The summed E-state index contributed by atoms with van der Waals surface area (Å²) in [6.07, 6.45) is 0. The summed E-state index contributed by atoms with van der Waals surface area (Å²) < 4.78 is 0.814. The molecule has 0 atom stereocenters. The number of nitriles is 1. The van der Waals surface area contributed by atoms with Gasteiger partial charge in [0.1, 0.15) is 6.07 Å². The van der Waals surface area contributed by atoms with Crippen LogP contribution in [0.5, 0.6) is 0 Å². The third-order valence-corrected chi connectivity index (χ3v) is 5.87. The van der Waals surface area contributed by atoms with Gasteiger partial charge in [0, 0.05) is 17.9 Å². The minimum atomic E-state index is -0.133. The maximum atomic E-state index is 12.5. The SMILES string of the molecule is CN(C)CCSc1sc(C(=O)c2ccccc2)c(Cl)c1C#N. The first-order chi connectivity index (χ1) is 10.5. The van der Waals surface area contributed by atoms with Gasteiger partial charge in [0.2, 0.25) is 5.78 Å². The van der Waals surface area contributed by atoms with E-state index in [1.165, 1.54) is 11.3 Å². The predicted molar refractivity (Wildman–Crippen MR) is 93.2 cm³/mol. The Balaban J connectivity index is 2.28. The lowest BCUT2D eigenvalue weighted by Gasteiger charge is -2.07. The number of benzene rings is 1. The first-order valence-electron chi connectivity index (χ1n) is 6.64. The second-order valence-electron chi connectivity index (χ2n) is 4.87. The average Bonchev–Trinajstić information content (AvgIpc) is 2.83. The van der Waals surface area contributed by atoms with Crippen LogP contribution in [0.15, 0.2) is 34.5 Å². The van der Waals surface area contributed by atoms with Crippen molar-refractivity contribution in [1.29, 1.82) is 5.26 Å². The summed E-state index contributed by atoms with van der Waals surface area (Å²) in [5, 5.41) is 9.58. The molecule has 0 fully saturated rings. The van der Waals surface area contributed by atoms with Gasteiger partial charge in [-0.3, -0.25) is 4.79 Å². The van der Waals surface area contributed by atoms with Crippen molar-refractivity contribution in [2.75, 3.05) is 26.4 Å². The third kappa shape index (κ3) is 3.90. The molecule has 1 aromatic carbocycles. The van der Waals surface area contributed by atoms with Gasteiger partial charge >= 0.3 is 0 Å². The van der Waals surface area contributed by atoms with Crippen LogP contribution in [-0.2, 0) is 0 Å². The fraction of sp³-hybridized carbons (Fsp3) is 0.250. The molecule has 0 saturated carbocycles. The van der Waals surface area contributed by atoms with Gasteiger partial charge in [0.05, 0.1) is 19.7 Å². The zero-order valence-electron chi connectivity index (χ0n) is 12.3. The maximum Gasteiger partial charge on any atom is 0.204 e. The van der Waals surface area contributed by atoms with Crippen LogP contribution in [0.2, 0.25) is 5.02 Å². The number of nitrogens with zero attached hydrogens (tertiary/aromatic N) is 2. The Kier molecular flexibility index (Phi) is 6.04. The normalized spacial score (nSPS) is 10.7. The van der Waals surface area contributed by atoms with Gasteiger partial charge < -0.3 is 4.90 Å². The van der Waals surface area contributed by atoms with Gasteiger partial charge in [-0.05, 0) is 14.1 Å². The molecule has 0 unspecified atom stereocenters. The van der Waals surface area contributed by atoms with Crippen LogP contribution in [0.25, 0.3) is 0 Å². The molecular formula is C16H15ClN2OS2. The number of halogens is 1. The van der Waals surface area contributed by atoms with Crippen molar-refractivity contribution in [3.63, 3.8) is 0 Å². The molecule has 0 bridgehead atoms. The number of ketones is 1. The monoisotopic (exact) mass is 350 g/mol. The van der Waals surface area contributed by atoms with Gasteiger partial charge in [-0.1, -0.05) is 41.9 Å². The first kappa shape index (κ1) is 17.0. The van der Waals surface area contributed by atoms with E-state index in [9.17, 15) is 10.1 Å². The second-order valence-corrected chi connectivity index (χ2v) is 7.63. The van der Waals surface area contributed by atoms with Crippen molar-refractivity contribution in [2.45, 2.75) is 4.21 Å². The highest BCUT2D eigenvalue weighted by molar-refractivity contribution is 8.01. The lowest BCUT2D eigenvalue weighted by atomic mass is 10.1. The molecule has 0 spiro atoms. The van der Waals surface area contributed by atoms with Crippen LogP contribution in [0.4, 0.5) is 0 Å². The Morgan fingerprint density at radius 2 is 2.05 bits per heavy atom. The molecule has 0 aliphatic rings. The van der Waals surface area contributed by atoms with Crippen molar-refractivity contribution >= 4 is 40.5 Å². The molecule has 0 saturated heterocycles. The molecule has 2 aromatic rings. The molecule has 0 radical (unpaired) electrons. The number of carbonyl (C=O) groups is 1. The van der Waals surface area contributed by atoms with Gasteiger partial charge in [-0.2, -0.15) is 5.26 Å². The second kappa shape index (κ2) is 7.80. The molecular weight excluding hydrogens is 336 g/mol. The van der Waals surface area contributed by atoms with Gasteiger partial charge in [-0.15, -0.1) is 23.1 Å². The van der Waals surface area contributed by atoms with Crippen LogP contribution >= 0.6 is 34.7 Å². The summed E-state index contributed by atoms with van der Waals surface area (Å²) in [6, 6.07) is 11.1. The topological polar surface area (TPSA) is 44.1 Å². The zero-order chi connectivity index (χ0) is 16.1. The summed E-state index contributed by atoms with van der Waals surface area (Å²) in [6.45, 7) is 0.896. The van der Waals surface area contributed by atoms with E-state index in [4.69, 9.17) is 11.6 Å².